The average molecular weight is 1060 g/mol. The molecule has 12 N–H and O–H groups in total. The van der Waals surface area contributed by atoms with E-state index in [2.05, 4.69) is 43.5 Å². The second-order valence-electron chi connectivity index (χ2n) is 20.8. The molecule has 1 amide bonds. The minimum atomic E-state index is -1.97. The van der Waals surface area contributed by atoms with E-state index in [4.69, 9.17) is 28.4 Å². The molecule has 19 nitrogen and oxygen atoms in total. The molecule has 0 bridgehead atoms. The smallest absolute Gasteiger partial charge is 0.220 e. The number of ether oxygens (including phenoxy) is 6. The number of aliphatic hydroxyl groups is 11. The molecule has 3 fully saturated rings. The molecule has 74 heavy (non-hydrogen) atoms. The summed E-state index contributed by atoms with van der Waals surface area (Å²) in [7, 11) is 0. The van der Waals surface area contributed by atoms with Gasteiger partial charge in [-0.1, -0.05) is 167 Å². The van der Waals surface area contributed by atoms with Crippen LogP contribution in [0.2, 0.25) is 0 Å². The molecule has 3 rings (SSSR count). The van der Waals surface area contributed by atoms with Crippen molar-refractivity contribution in [2.75, 3.05) is 26.4 Å². The van der Waals surface area contributed by atoms with Gasteiger partial charge in [0.1, 0.15) is 73.2 Å². The van der Waals surface area contributed by atoms with Gasteiger partial charge in [-0.15, -0.1) is 0 Å². The summed E-state index contributed by atoms with van der Waals surface area (Å²) < 4.78 is 34.2. The van der Waals surface area contributed by atoms with Gasteiger partial charge in [-0.25, -0.2) is 0 Å². The minimum absolute atomic E-state index is 0.251. The van der Waals surface area contributed by atoms with Crippen LogP contribution in [-0.4, -0.2) is 193 Å². The van der Waals surface area contributed by atoms with Crippen LogP contribution >= 0.6 is 0 Å². The fourth-order valence-electron chi connectivity index (χ4n) is 9.76. The van der Waals surface area contributed by atoms with Crippen LogP contribution in [0.15, 0.2) is 24.3 Å². The largest absolute Gasteiger partial charge is 0.394 e. The molecule has 0 saturated carbocycles. The Morgan fingerprint density at radius 3 is 1.43 bits per heavy atom. The van der Waals surface area contributed by atoms with Crippen molar-refractivity contribution in [1.29, 1.82) is 0 Å². The summed E-state index contributed by atoms with van der Waals surface area (Å²) in [5, 5.41) is 120. The maximum absolute atomic E-state index is 13.3. The number of aliphatic hydroxyl groups excluding tert-OH is 11. The zero-order valence-corrected chi connectivity index (χ0v) is 44.8. The van der Waals surface area contributed by atoms with Gasteiger partial charge >= 0.3 is 0 Å². The van der Waals surface area contributed by atoms with E-state index in [9.17, 15) is 61.0 Å². The number of unbranched alkanes of at least 4 members (excludes halogenated alkanes) is 21. The summed E-state index contributed by atoms with van der Waals surface area (Å²) in [6, 6.07) is -0.891. The standard InChI is InChI=1S/C55H101NO18/c1-3-5-7-9-11-13-15-17-18-19-21-22-24-26-28-30-32-39(60)38(56-43(61)33-31-29-27-25-23-20-16-14-12-10-8-6-4-2)37-69-53-49(67)46(64)51(41(35-58)71-53)74-55-50(68)47(65)52(42(36-59)72-55)73-54-48(66)45(63)44(62)40(34-57)70-54/h8,10,14,16,38-42,44-55,57-60,62-68H,3-7,9,11-13,15,17-37H2,1-2H3,(H,56,61)/b10-8-,16-14-. The van der Waals surface area contributed by atoms with Crippen molar-refractivity contribution in [3.8, 4) is 0 Å². The first-order valence-corrected chi connectivity index (χ1v) is 28.6. The summed E-state index contributed by atoms with van der Waals surface area (Å²) in [6.07, 6.45) is 11.2. The number of allylic oxidation sites excluding steroid dienone is 4. The number of hydrogen-bond acceptors (Lipinski definition) is 18. The quantitative estimate of drug-likeness (QED) is 0.0304. The Morgan fingerprint density at radius 2 is 0.919 bits per heavy atom. The van der Waals surface area contributed by atoms with Gasteiger partial charge in [0.05, 0.1) is 38.6 Å². The Bertz CT molecular complexity index is 1460. The summed E-state index contributed by atoms with van der Waals surface area (Å²) in [5.41, 5.74) is 0. The Kier molecular flexibility index (Phi) is 35.6. The van der Waals surface area contributed by atoms with Crippen molar-refractivity contribution in [3.63, 3.8) is 0 Å². The van der Waals surface area contributed by atoms with E-state index in [-0.39, 0.29) is 18.9 Å². The highest BCUT2D eigenvalue weighted by atomic mass is 16.8. The molecule has 17 atom stereocenters. The fraction of sp³-hybridized carbons (Fsp3) is 0.909. The van der Waals surface area contributed by atoms with E-state index in [0.29, 0.717) is 12.8 Å². The molecule has 19 heteroatoms. The van der Waals surface area contributed by atoms with Crippen LogP contribution in [0.5, 0.6) is 0 Å². The summed E-state index contributed by atoms with van der Waals surface area (Å²) in [4.78, 5) is 13.3. The van der Waals surface area contributed by atoms with Crippen molar-refractivity contribution in [1.82, 2.24) is 5.32 Å². The van der Waals surface area contributed by atoms with Crippen LogP contribution in [0.1, 0.15) is 187 Å². The Labute approximate surface area is 441 Å². The van der Waals surface area contributed by atoms with Crippen molar-refractivity contribution in [2.45, 2.75) is 291 Å². The van der Waals surface area contributed by atoms with Gasteiger partial charge in [0, 0.05) is 6.42 Å². The first kappa shape index (κ1) is 66.5. The zero-order chi connectivity index (χ0) is 54.1. The van der Waals surface area contributed by atoms with E-state index < -0.39 is 124 Å². The highest BCUT2D eigenvalue weighted by Gasteiger charge is 2.53. The topological polar surface area (TPSA) is 307 Å². The molecule has 0 aromatic heterocycles. The lowest BCUT2D eigenvalue weighted by Crippen LogP contribution is -2.66. The van der Waals surface area contributed by atoms with Gasteiger partial charge in [-0.3, -0.25) is 4.79 Å². The van der Waals surface area contributed by atoms with Crippen molar-refractivity contribution >= 4 is 5.91 Å². The first-order valence-electron chi connectivity index (χ1n) is 28.6. The summed E-state index contributed by atoms with van der Waals surface area (Å²) in [6.45, 7) is 1.70. The summed E-state index contributed by atoms with van der Waals surface area (Å²) >= 11 is 0. The van der Waals surface area contributed by atoms with Crippen LogP contribution in [0, 0.1) is 0 Å². The monoisotopic (exact) mass is 1060 g/mol. The highest BCUT2D eigenvalue weighted by molar-refractivity contribution is 5.76. The second kappa shape index (κ2) is 39.6. The molecule has 0 radical (unpaired) electrons. The zero-order valence-electron chi connectivity index (χ0n) is 44.8. The Hall–Kier alpha value is -1.73. The Balaban J connectivity index is 1.52. The van der Waals surface area contributed by atoms with Crippen molar-refractivity contribution < 1.29 is 89.4 Å². The van der Waals surface area contributed by atoms with Gasteiger partial charge < -0.3 is 89.9 Å². The lowest BCUT2D eigenvalue weighted by Gasteiger charge is -2.48. The van der Waals surface area contributed by atoms with Gasteiger partial charge in [0.2, 0.25) is 5.91 Å². The molecule has 0 aromatic rings. The van der Waals surface area contributed by atoms with Crippen LogP contribution in [0.4, 0.5) is 0 Å². The lowest BCUT2D eigenvalue weighted by atomic mass is 9.96. The van der Waals surface area contributed by atoms with E-state index >= 15 is 0 Å². The number of rotatable bonds is 41. The molecule has 3 aliphatic rings. The van der Waals surface area contributed by atoms with Gasteiger partial charge in [-0.2, -0.15) is 0 Å². The predicted molar refractivity (Wildman–Crippen MR) is 277 cm³/mol. The average Bonchev–Trinajstić information content (AvgIpc) is 3.40. The number of nitrogens with one attached hydrogen (secondary N) is 1. The summed E-state index contributed by atoms with van der Waals surface area (Å²) in [5.74, 6) is -0.259. The number of hydrogen-bond donors (Lipinski definition) is 12. The Morgan fingerprint density at radius 1 is 0.486 bits per heavy atom. The maximum atomic E-state index is 13.3. The van der Waals surface area contributed by atoms with Crippen molar-refractivity contribution in [2.24, 2.45) is 0 Å². The van der Waals surface area contributed by atoms with E-state index in [1.807, 2.05) is 0 Å². The second-order valence-corrected chi connectivity index (χ2v) is 20.8. The van der Waals surface area contributed by atoms with Gasteiger partial charge in [-0.05, 0) is 38.5 Å². The van der Waals surface area contributed by atoms with Gasteiger partial charge in [0.15, 0.2) is 18.9 Å². The molecule has 3 aliphatic heterocycles. The number of amides is 1. The minimum Gasteiger partial charge on any atom is -0.394 e. The molecule has 3 heterocycles. The third-order valence-corrected chi connectivity index (χ3v) is 14.5. The normalized spacial score (nSPS) is 31.6. The van der Waals surface area contributed by atoms with E-state index in [1.54, 1.807) is 0 Å². The lowest BCUT2D eigenvalue weighted by molar-refractivity contribution is -0.379. The SMILES string of the molecule is CCC/C=C\C/C=C\CCCCCCCC(=O)NC(COC1OC(CO)C(OC2OC(CO)C(OC3OC(CO)C(O)C(O)C3O)C(O)C2O)C(O)C1O)C(O)CCCCCCCCCCCCCCCCCC. The fourth-order valence-corrected chi connectivity index (χ4v) is 9.76. The predicted octanol–water partition coefficient (Wildman–Crippen LogP) is 3.98. The third kappa shape index (κ3) is 24.1. The van der Waals surface area contributed by atoms with Gasteiger partial charge in [0.25, 0.3) is 0 Å². The molecular formula is C55H101NO18. The highest BCUT2D eigenvalue weighted by Crippen LogP contribution is 2.33. The van der Waals surface area contributed by atoms with Crippen LogP contribution in [-0.2, 0) is 33.2 Å². The third-order valence-electron chi connectivity index (χ3n) is 14.5. The molecule has 0 aromatic carbocycles. The molecule has 17 unspecified atom stereocenters. The van der Waals surface area contributed by atoms with Crippen molar-refractivity contribution in [3.05, 3.63) is 24.3 Å². The molecular weight excluding hydrogens is 963 g/mol. The number of carbonyl (C=O) groups is 1. The first-order chi connectivity index (χ1) is 35.8. The van der Waals surface area contributed by atoms with Crippen LogP contribution < -0.4 is 5.32 Å². The molecule has 0 aliphatic carbocycles. The molecule has 3 saturated heterocycles. The van der Waals surface area contributed by atoms with Crippen LogP contribution in [0.25, 0.3) is 0 Å². The van der Waals surface area contributed by atoms with E-state index in [0.717, 1.165) is 77.0 Å². The van der Waals surface area contributed by atoms with E-state index in [1.165, 1.54) is 77.0 Å². The number of carbonyl (C=O) groups excluding carboxylic acids is 1. The molecule has 434 valence electrons. The molecule has 0 spiro atoms. The van der Waals surface area contributed by atoms with Crippen LogP contribution in [0.3, 0.4) is 0 Å². The maximum Gasteiger partial charge on any atom is 0.220 e.